The Hall–Kier alpha value is -2.32. The maximum atomic E-state index is 12.7. The van der Waals surface area contributed by atoms with Gasteiger partial charge in [0.2, 0.25) is 5.82 Å². The van der Waals surface area contributed by atoms with Crippen molar-refractivity contribution in [3.05, 3.63) is 64.7 Å². The van der Waals surface area contributed by atoms with Gasteiger partial charge in [0, 0.05) is 54.5 Å². The summed E-state index contributed by atoms with van der Waals surface area (Å²) in [6.07, 6.45) is -0.834. The van der Waals surface area contributed by atoms with Crippen molar-refractivity contribution in [3.8, 4) is 10.6 Å². The zero-order chi connectivity index (χ0) is 18.1. The van der Waals surface area contributed by atoms with Gasteiger partial charge in [0.25, 0.3) is 0 Å². The van der Waals surface area contributed by atoms with E-state index in [4.69, 9.17) is 0 Å². The van der Waals surface area contributed by atoms with Crippen LogP contribution in [0.25, 0.3) is 10.6 Å². The summed E-state index contributed by atoms with van der Waals surface area (Å²) >= 11 is 1.63. The molecule has 4 nitrogen and oxygen atoms in total. The van der Waals surface area contributed by atoms with Crippen molar-refractivity contribution in [1.29, 1.82) is 0 Å². The molecule has 26 heavy (non-hydrogen) atoms. The van der Waals surface area contributed by atoms with Gasteiger partial charge in [-0.1, -0.05) is 30.3 Å². The minimum Gasteiger partial charge on any atom is -0.293 e. The van der Waals surface area contributed by atoms with Crippen LogP contribution in [-0.4, -0.2) is 26.4 Å². The molecule has 8 heteroatoms. The van der Waals surface area contributed by atoms with E-state index in [1.165, 1.54) is 6.20 Å². The Labute approximate surface area is 152 Å². The molecule has 3 aromatic rings. The molecule has 4 rings (SSSR count). The van der Waals surface area contributed by atoms with Crippen molar-refractivity contribution < 1.29 is 13.2 Å². The van der Waals surface area contributed by atoms with E-state index >= 15 is 0 Å². The van der Waals surface area contributed by atoms with E-state index in [2.05, 4.69) is 19.9 Å². The Morgan fingerprint density at radius 1 is 1.08 bits per heavy atom. The molecule has 1 aliphatic heterocycles. The third-order valence-electron chi connectivity index (χ3n) is 4.22. The first-order valence-electron chi connectivity index (χ1n) is 8.13. The lowest BCUT2D eigenvalue weighted by molar-refractivity contribution is -0.145. The fourth-order valence-electron chi connectivity index (χ4n) is 2.96. The van der Waals surface area contributed by atoms with Gasteiger partial charge >= 0.3 is 6.18 Å². The molecule has 0 aliphatic carbocycles. The largest absolute Gasteiger partial charge is 0.451 e. The Bertz CT molecular complexity index is 908. The van der Waals surface area contributed by atoms with Crippen LogP contribution in [0.2, 0.25) is 0 Å². The van der Waals surface area contributed by atoms with E-state index in [0.717, 1.165) is 21.0 Å². The average Bonchev–Trinajstić information content (AvgIpc) is 3.10. The highest BCUT2D eigenvalue weighted by Gasteiger charge is 2.35. The molecule has 0 bridgehead atoms. The summed E-state index contributed by atoms with van der Waals surface area (Å²) in [5, 5.41) is 0.969. The van der Waals surface area contributed by atoms with Gasteiger partial charge in [-0.05, 0) is 0 Å². The molecule has 0 atom stereocenters. The van der Waals surface area contributed by atoms with E-state index in [1.54, 1.807) is 11.3 Å². The number of halogens is 3. The van der Waals surface area contributed by atoms with Crippen molar-refractivity contribution in [3.63, 3.8) is 0 Å². The molecule has 0 saturated carbocycles. The molecule has 0 radical (unpaired) electrons. The Morgan fingerprint density at radius 2 is 1.88 bits per heavy atom. The summed E-state index contributed by atoms with van der Waals surface area (Å²) in [6.45, 7) is 1.93. The van der Waals surface area contributed by atoms with Crippen LogP contribution in [0.15, 0.2) is 42.7 Å². The molecule has 1 aromatic carbocycles. The van der Waals surface area contributed by atoms with Crippen molar-refractivity contribution in [1.82, 2.24) is 19.9 Å². The van der Waals surface area contributed by atoms with E-state index < -0.39 is 12.0 Å². The normalized spacial score (nSPS) is 15.0. The van der Waals surface area contributed by atoms with Crippen molar-refractivity contribution in [2.45, 2.75) is 25.7 Å². The lowest BCUT2D eigenvalue weighted by Gasteiger charge is -2.27. The number of benzene rings is 1. The topological polar surface area (TPSA) is 41.9 Å². The first-order valence-corrected chi connectivity index (χ1v) is 8.95. The van der Waals surface area contributed by atoms with Gasteiger partial charge in [-0.15, -0.1) is 11.3 Å². The fourth-order valence-corrected chi connectivity index (χ4v) is 3.92. The molecule has 0 spiro atoms. The van der Waals surface area contributed by atoms with E-state index in [9.17, 15) is 13.2 Å². The summed E-state index contributed by atoms with van der Waals surface area (Å²) in [7, 11) is 0. The minimum atomic E-state index is -4.50. The zero-order valence-corrected chi connectivity index (χ0v) is 14.5. The summed E-state index contributed by atoms with van der Waals surface area (Å²) < 4.78 is 38.2. The van der Waals surface area contributed by atoms with Crippen LogP contribution >= 0.6 is 11.3 Å². The molecular formula is C18H15F3N4S. The van der Waals surface area contributed by atoms with Gasteiger partial charge in [-0.3, -0.25) is 4.90 Å². The lowest BCUT2D eigenvalue weighted by atomic mass is 10.1. The summed E-state index contributed by atoms with van der Waals surface area (Å²) in [4.78, 5) is 15.0. The van der Waals surface area contributed by atoms with Gasteiger partial charge < -0.3 is 0 Å². The van der Waals surface area contributed by atoms with Crippen LogP contribution in [0.3, 0.4) is 0 Å². The lowest BCUT2D eigenvalue weighted by Crippen LogP contribution is -2.31. The second kappa shape index (κ2) is 6.77. The van der Waals surface area contributed by atoms with Crippen molar-refractivity contribution in [2.24, 2.45) is 0 Å². The molecule has 0 fully saturated rings. The first kappa shape index (κ1) is 17.1. The Balaban J connectivity index is 1.46. The molecule has 3 heterocycles. The van der Waals surface area contributed by atoms with Crippen LogP contribution in [0.4, 0.5) is 13.2 Å². The zero-order valence-electron chi connectivity index (χ0n) is 13.7. The van der Waals surface area contributed by atoms with E-state index in [1.807, 2.05) is 36.5 Å². The number of nitrogens with zero attached hydrogens (tertiary/aromatic N) is 4. The second-order valence-corrected chi connectivity index (χ2v) is 7.24. The number of aromatic nitrogens is 3. The smallest absolute Gasteiger partial charge is 0.293 e. The molecule has 1 aliphatic rings. The molecule has 134 valence electrons. The summed E-state index contributed by atoms with van der Waals surface area (Å²) in [6, 6.07) is 9.97. The molecule has 0 N–H and O–H groups in total. The van der Waals surface area contributed by atoms with E-state index in [-0.39, 0.29) is 0 Å². The molecule has 2 aromatic heterocycles. The van der Waals surface area contributed by atoms with Crippen molar-refractivity contribution >= 4 is 11.3 Å². The van der Waals surface area contributed by atoms with Crippen molar-refractivity contribution in [2.75, 3.05) is 6.54 Å². The summed E-state index contributed by atoms with van der Waals surface area (Å²) in [5.41, 5.74) is 2.34. The first-order chi connectivity index (χ1) is 12.5. The molecule has 0 amide bonds. The van der Waals surface area contributed by atoms with Crippen LogP contribution in [-0.2, 0) is 25.7 Å². The maximum absolute atomic E-state index is 12.7. The SMILES string of the molecule is FC(F)(F)c1ncc2c(n1)CCN(Cc1cnc(-c3ccccc3)s1)C2. The summed E-state index contributed by atoms with van der Waals surface area (Å²) in [5.74, 6) is -1.06. The van der Waals surface area contributed by atoms with Gasteiger partial charge in [0.1, 0.15) is 5.01 Å². The Morgan fingerprint density at radius 3 is 2.65 bits per heavy atom. The number of fused-ring (bicyclic) bond motifs is 1. The highest BCUT2D eigenvalue weighted by molar-refractivity contribution is 7.15. The van der Waals surface area contributed by atoms with E-state index in [0.29, 0.717) is 31.7 Å². The number of thiazole rings is 1. The van der Waals surface area contributed by atoms with Gasteiger partial charge in [-0.25, -0.2) is 15.0 Å². The number of hydrogen-bond acceptors (Lipinski definition) is 5. The quantitative estimate of drug-likeness (QED) is 0.688. The van der Waals surface area contributed by atoms with Crippen LogP contribution in [0.1, 0.15) is 22.0 Å². The third-order valence-corrected chi connectivity index (χ3v) is 5.25. The molecule has 0 saturated heterocycles. The highest BCUT2D eigenvalue weighted by atomic mass is 32.1. The third kappa shape index (κ3) is 3.61. The molecular weight excluding hydrogens is 361 g/mol. The number of hydrogen-bond donors (Lipinski definition) is 0. The van der Waals surface area contributed by atoms with Crippen LogP contribution in [0, 0.1) is 0 Å². The second-order valence-electron chi connectivity index (χ2n) is 6.12. The number of alkyl halides is 3. The maximum Gasteiger partial charge on any atom is 0.451 e. The van der Waals surface area contributed by atoms with Gasteiger partial charge in [0.15, 0.2) is 0 Å². The predicted molar refractivity (Wildman–Crippen MR) is 92.4 cm³/mol. The highest BCUT2D eigenvalue weighted by Crippen LogP contribution is 2.29. The minimum absolute atomic E-state index is 0.491. The fraction of sp³-hybridized carbons (Fsp3) is 0.278. The van der Waals surface area contributed by atoms with Crippen LogP contribution in [0.5, 0.6) is 0 Å². The predicted octanol–water partition coefficient (Wildman–Crippen LogP) is 4.18. The Kier molecular flexibility index (Phi) is 4.46. The van der Waals surface area contributed by atoms with Gasteiger partial charge in [-0.2, -0.15) is 13.2 Å². The molecule has 0 unspecified atom stereocenters. The monoisotopic (exact) mass is 376 g/mol. The standard InChI is InChI=1S/C18H15F3N4S/c19-18(20,21)17-23-8-13-10-25(7-6-15(13)24-17)11-14-9-22-16(26-14)12-4-2-1-3-5-12/h1-5,8-9H,6-7,10-11H2. The average molecular weight is 376 g/mol. The van der Waals surface area contributed by atoms with Gasteiger partial charge in [0.05, 0.1) is 5.69 Å². The number of rotatable bonds is 3. The van der Waals surface area contributed by atoms with Crippen LogP contribution < -0.4 is 0 Å².